The van der Waals surface area contributed by atoms with E-state index in [2.05, 4.69) is 16.0 Å². The average Bonchev–Trinajstić information content (AvgIpc) is 2.63. The summed E-state index contributed by atoms with van der Waals surface area (Å²) < 4.78 is 0. The zero-order valence-electron chi connectivity index (χ0n) is 15.8. The Morgan fingerprint density at radius 2 is 1.78 bits per heavy atom. The van der Waals surface area contributed by atoms with Crippen molar-refractivity contribution in [1.29, 1.82) is 0 Å². The molecule has 8 heteroatoms. The van der Waals surface area contributed by atoms with Crippen LogP contribution in [0.3, 0.4) is 0 Å². The smallest absolute Gasteiger partial charge is 0.321 e. The van der Waals surface area contributed by atoms with E-state index in [-0.39, 0.29) is 18.5 Å². The zero-order valence-corrected chi connectivity index (χ0v) is 16.5. The van der Waals surface area contributed by atoms with E-state index in [1.165, 1.54) is 6.42 Å². The van der Waals surface area contributed by atoms with Crippen LogP contribution < -0.4 is 16.0 Å². The van der Waals surface area contributed by atoms with Gasteiger partial charge >= 0.3 is 6.03 Å². The standard InChI is InChI=1S/C19H27ClN4O3/c1-13(18(26)23-19(27)22-15-6-4-3-5-7-15)24(2)12-17(25)21-16-10-8-14(20)9-11-16/h8-11,13,15H,3-7,12H2,1-2H3,(H,21,25)(H2,22,23,26,27). The number of imide groups is 1. The third-order valence-electron chi connectivity index (χ3n) is 4.74. The molecule has 7 nitrogen and oxygen atoms in total. The first-order valence-corrected chi connectivity index (χ1v) is 9.60. The second-order valence-electron chi connectivity index (χ2n) is 6.94. The Bertz CT molecular complexity index is 659. The first-order chi connectivity index (χ1) is 12.8. The highest BCUT2D eigenvalue weighted by Gasteiger charge is 2.23. The van der Waals surface area contributed by atoms with E-state index in [4.69, 9.17) is 11.6 Å². The second-order valence-corrected chi connectivity index (χ2v) is 7.38. The van der Waals surface area contributed by atoms with Crippen LogP contribution in [0.2, 0.25) is 5.02 Å². The Labute approximate surface area is 164 Å². The minimum atomic E-state index is -0.627. The minimum absolute atomic E-state index is 0.0153. The highest BCUT2D eigenvalue weighted by atomic mass is 35.5. The molecule has 1 unspecified atom stereocenters. The van der Waals surface area contributed by atoms with Crippen LogP contribution >= 0.6 is 11.6 Å². The lowest BCUT2D eigenvalue weighted by molar-refractivity contribution is -0.125. The van der Waals surface area contributed by atoms with Gasteiger partial charge in [0.15, 0.2) is 0 Å². The third kappa shape index (κ3) is 7.19. The number of urea groups is 1. The predicted octanol–water partition coefficient (Wildman–Crippen LogP) is 2.76. The molecule has 0 radical (unpaired) electrons. The minimum Gasteiger partial charge on any atom is -0.335 e. The van der Waals surface area contributed by atoms with E-state index in [9.17, 15) is 14.4 Å². The maximum atomic E-state index is 12.3. The maximum absolute atomic E-state index is 12.3. The van der Waals surface area contributed by atoms with Crippen LogP contribution in [0.15, 0.2) is 24.3 Å². The Kier molecular flexibility index (Phi) is 8.06. The van der Waals surface area contributed by atoms with Gasteiger partial charge in [-0.15, -0.1) is 0 Å². The average molecular weight is 395 g/mol. The maximum Gasteiger partial charge on any atom is 0.321 e. The number of carbonyl (C=O) groups is 3. The predicted molar refractivity (Wildman–Crippen MR) is 106 cm³/mol. The fourth-order valence-corrected chi connectivity index (χ4v) is 3.11. The summed E-state index contributed by atoms with van der Waals surface area (Å²) in [5.41, 5.74) is 0.627. The van der Waals surface area contributed by atoms with Crippen LogP contribution in [-0.4, -0.2) is 48.4 Å². The van der Waals surface area contributed by atoms with E-state index >= 15 is 0 Å². The number of nitrogens with zero attached hydrogens (tertiary/aromatic N) is 1. The molecule has 2 rings (SSSR count). The van der Waals surface area contributed by atoms with Crippen LogP contribution in [0, 0.1) is 0 Å². The number of carbonyl (C=O) groups excluding carboxylic acids is 3. The van der Waals surface area contributed by atoms with Gasteiger partial charge in [0.1, 0.15) is 0 Å². The van der Waals surface area contributed by atoms with Gasteiger partial charge in [0, 0.05) is 16.8 Å². The van der Waals surface area contributed by atoms with Crippen molar-refractivity contribution in [3.63, 3.8) is 0 Å². The van der Waals surface area contributed by atoms with Crippen molar-refractivity contribution >= 4 is 35.1 Å². The summed E-state index contributed by atoms with van der Waals surface area (Å²) in [5.74, 6) is -0.698. The van der Waals surface area contributed by atoms with Crippen LogP contribution in [0.4, 0.5) is 10.5 Å². The van der Waals surface area contributed by atoms with Gasteiger partial charge in [0.25, 0.3) is 0 Å². The molecule has 0 bridgehead atoms. The van der Waals surface area contributed by atoms with Gasteiger partial charge in [-0.1, -0.05) is 30.9 Å². The topological polar surface area (TPSA) is 90.5 Å². The largest absolute Gasteiger partial charge is 0.335 e. The molecule has 27 heavy (non-hydrogen) atoms. The van der Waals surface area contributed by atoms with Gasteiger partial charge in [0.2, 0.25) is 11.8 Å². The summed E-state index contributed by atoms with van der Waals surface area (Å²) in [6, 6.07) is 5.79. The molecule has 1 aromatic carbocycles. The molecule has 1 aromatic rings. The van der Waals surface area contributed by atoms with Crippen molar-refractivity contribution < 1.29 is 14.4 Å². The van der Waals surface area contributed by atoms with Crippen molar-refractivity contribution in [2.45, 2.75) is 51.1 Å². The molecule has 0 spiro atoms. The number of likely N-dealkylation sites (N-methyl/N-ethyl adjacent to an activating group) is 1. The number of benzene rings is 1. The normalized spacial score (nSPS) is 15.9. The molecule has 4 amide bonds. The second kappa shape index (κ2) is 10.3. The van der Waals surface area contributed by atoms with Crippen molar-refractivity contribution in [3.05, 3.63) is 29.3 Å². The summed E-state index contributed by atoms with van der Waals surface area (Å²) in [4.78, 5) is 37.9. The summed E-state index contributed by atoms with van der Waals surface area (Å²) >= 11 is 5.81. The lowest BCUT2D eigenvalue weighted by atomic mass is 9.96. The SMILES string of the molecule is CC(C(=O)NC(=O)NC1CCCCC1)N(C)CC(=O)Nc1ccc(Cl)cc1. The van der Waals surface area contributed by atoms with Crippen LogP contribution in [-0.2, 0) is 9.59 Å². The first-order valence-electron chi connectivity index (χ1n) is 9.22. The van der Waals surface area contributed by atoms with E-state index < -0.39 is 18.0 Å². The molecule has 1 aliphatic rings. The van der Waals surface area contributed by atoms with Crippen molar-refractivity contribution in [2.24, 2.45) is 0 Å². The van der Waals surface area contributed by atoms with Crippen LogP contribution in [0.25, 0.3) is 0 Å². The van der Waals surface area contributed by atoms with Crippen LogP contribution in [0.5, 0.6) is 0 Å². The Morgan fingerprint density at radius 1 is 1.15 bits per heavy atom. The molecule has 1 saturated carbocycles. The molecular weight excluding hydrogens is 368 g/mol. The summed E-state index contributed by atoms with van der Waals surface area (Å²) in [7, 11) is 1.66. The molecule has 1 atom stereocenters. The highest BCUT2D eigenvalue weighted by Crippen LogP contribution is 2.17. The number of rotatable bonds is 6. The van der Waals surface area contributed by atoms with E-state index in [0.29, 0.717) is 10.7 Å². The Morgan fingerprint density at radius 3 is 2.41 bits per heavy atom. The highest BCUT2D eigenvalue weighted by molar-refractivity contribution is 6.30. The number of amides is 4. The number of hydrogen-bond acceptors (Lipinski definition) is 4. The van der Waals surface area contributed by atoms with E-state index in [0.717, 1.165) is 25.7 Å². The summed E-state index contributed by atoms with van der Waals surface area (Å²) in [6.07, 6.45) is 5.28. The number of halogens is 1. The lowest BCUT2D eigenvalue weighted by Crippen LogP contribution is -2.51. The zero-order chi connectivity index (χ0) is 19.8. The molecule has 0 heterocycles. The van der Waals surface area contributed by atoms with Crippen LogP contribution in [0.1, 0.15) is 39.0 Å². The van der Waals surface area contributed by atoms with E-state index in [1.54, 1.807) is 43.1 Å². The van der Waals surface area contributed by atoms with Gasteiger partial charge in [-0.2, -0.15) is 0 Å². The quantitative estimate of drug-likeness (QED) is 0.692. The molecule has 1 aliphatic carbocycles. The number of hydrogen-bond donors (Lipinski definition) is 3. The fourth-order valence-electron chi connectivity index (χ4n) is 2.98. The lowest BCUT2D eigenvalue weighted by Gasteiger charge is -2.25. The molecule has 0 aromatic heterocycles. The molecular formula is C19H27ClN4O3. The van der Waals surface area contributed by atoms with Crippen molar-refractivity contribution in [1.82, 2.24) is 15.5 Å². The number of nitrogens with one attached hydrogen (secondary N) is 3. The third-order valence-corrected chi connectivity index (χ3v) is 4.99. The first kappa shape index (κ1) is 21.2. The molecule has 3 N–H and O–H groups in total. The Hall–Kier alpha value is -2.12. The summed E-state index contributed by atoms with van der Waals surface area (Å²) in [5, 5.41) is 8.53. The number of anilines is 1. The molecule has 0 aliphatic heterocycles. The molecule has 0 saturated heterocycles. The fraction of sp³-hybridized carbons (Fsp3) is 0.526. The van der Waals surface area contributed by atoms with E-state index in [1.807, 2.05) is 0 Å². The van der Waals surface area contributed by atoms with Crippen molar-refractivity contribution in [3.8, 4) is 0 Å². The van der Waals surface area contributed by atoms with Gasteiger partial charge < -0.3 is 10.6 Å². The van der Waals surface area contributed by atoms with Crippen molar-refractivity contribution in [2.75, 3.05) is 18.9 Å². The van der Waals surface area contributed by atoms with Gasteiger partial charge in [0.05, 0.1) is 12.6 Å². The van der Waals surface area contributed by atoms with Gasteiger partial charge in [-0.3, -0.25) is 19.8 Å². The van der Waals surface area contributed by atoms with Gasteiger partial charge in [-0.05, 0) is 51.1 Å². The monoisotopic (exact) mass is 394 g/mol. The molecule has 1 fully saturated rings. The van der Waals surface area contributed by atoms with Gasteiger partial charge in [-0.25, -0.2) is 4.79 Å². The summed E-state index contributed by atoms with van der Waals surface area (Å²) in [6.45, 7) is 1.67. The Balaban J connectivity index is 1.76. The molecule has 148 valence electrons.